The SMILES string of the molecule is CCN1CCC(C(C)Nc2ccc3c(C)cn(C=O)c3c2)CC1. The minimum atomic E-state index is 0.451. The highest BCUT2D eigenvalue weighted by molar-refractivity contribution is 5.90. The van der Waals surface area contributed by atoms with Crippen LogP contribution in [0.5, 0.6) is 0 Å². The molecule has 1 N–H and O–H groups in total. The second-order valence-corrected chi connectivity index (χ2v) is 6.76. The fourth-order valence-corrected chi connectivity index (χ4v) is 3.75. The summed E-state index contributed by atoms with van der Waals surface area (Å²) in [6.45, 7) is 10.1. The number of likely N-dealkylation sites (tertiary alicyclic amines) is 1. The Morgan fingerprint density at radius 2 is 2.09 bits per heavy atom. The molecule has 1 aromatic carbocycles. The summed E-state index contributed by atoms with van der Waals surface area (Å²) < 4.78 is 1.67. The third-order valence-electron chi connectivity index (χ3n) is 5.33. The van der Waals surface area contributed by atoms with Gasteiger partial charge in [-0.25, -0.2) is 0 Å². The van der Waals surface area contributed by atoms with E-state index in [0.29, 0.717) is 12.0 Å². The van der Waals surface area contributed by atoms with Crippen molar-refractivity contribution in [3.05, 3.63) is 30.0 Å². The molecule has 4 heteroatoms. The number of nitrogens with one attached hydrogen (secondary N) is 1. The van der Waals surface area contributed by atoms with E-state index in [1.54, 1.807) is 4.57 Å². The Bertz CT molecular complexity index is 683. The highest BCUT2D eigenvalue weighted by Crippen LogP contribution is 2.27. The predicted molar refractivity (Wildman–Crippen MR) is 96.7 cm³/mol. The minimum Gasteiger partial charge on any atom is -0.382 e. The fraction of sp³-hybridized carbons (Fsp3) is 0.526. The van der Waals surface area contributed by atoms with Crippen molar-refractivity contribution < 1.29 is 4.79 Å². The molecular weight excluding hydrogens is 286 g/mol. The van der Waals surface area contributed by atoms with E-state index in [-0.39, 0.29) is 0 Å². The fourth-order valence-electron chi connectivity index (χ4n) is 3.75. The molecule has 1 unspecified atom stereocenters. The molecule has 2 heterocycles. The van der Waals surface area contributed by atoms with Crippen molar-refractivity contribution >= 4 is 23.0 Å². The van der Waals surface area contributed by atoms with E-state index in [1.807, 2.05) is 13.1 Å². The lowest BCUT2D eigenvalue weighted by atomic mass is 9.90. The van der Waals surface area contributed by atoms with Crippen molar-refractivity contribution in [2.24, 2.45) is 5.92 Å². The lowest BCUT2D eigenvalue weighted by molar-refractivity contribution is 0.183. The summed E-state index contributed by atoms with van der Waals surface area (Å²) in [7, 11) is 0. The van der Waals surface area contributed by atoms with Gasteiger partial charge in [0.1, 0.15) is 0 Å². The van der Waals surface area contributed by atoms with Gasteiger partial charge in [-0.15, -0.1) is 0 Å². The molecule has 0 radical (unpaired) electrons. The van der Waals surface area contributed by atoms with Crippen LogP contribution in [0.1, 0.15) is 32.3 Å². The first-order chi connectivity index (χ1) is 11.1. The summed E-state index contributed by atoms with van der Waals surface area (Å²) in [6, 6.07) is 6.78. The maximum atomic E-state index is 11.2. The standard InChI is InChI=1S/C19H27N3O/c1-4-21-9-7-16(8-10-21)15(3)20-17-5-6-18-14(2)12-22(13-23)19(18)11-17/h5-6,11-13,15-16,20H,4,7-10H2,1-3H3. The molecule has 1 aromatic heterocycles. The highest BCUT2D eigenvalue weighted by atomic mass is 16.1. The first-order valence-corrected chi connectivity index (χ1v) is 8.67. The molecule has 1 saturated heterocycles. The van der Waals surface area contributed by atoms with E-state index in [0.717, 1.165) is 35.1 Å². The molecule has 0 bridgehead atoms. The molecule has 1 aliphatic rings. The zero-order valence-electron chi connectivity index (χ0n) is 14.4. The van der Waals surface area contributed by atoms with Crippen LogP contribution in [0.4, 0.5) is 5.69 Å². The van der Waals surface area contributed by atoms with E-state index in [4.69, 9.17) is 0 Å². The van der Waals surface area contributed by atoms with Gasteiger partial charge < -0.3 is 10.2 Å². The van der Waals surface area contributed by atoms with Gasteiger partial charge in [0.2, 0.25) is 6.41 Å². The van der Waals surface area contributed by atoms with Gasteiger partial charge in [-0.05, 0) is 69.9 Å². The van der Waals surface area contributed by atoms with Gasteiger partial charge in [0, 0.05) is 23.3 Å². The first kappa shape index (κ1) is 16.1. The van der Waals surface area contributed by atoms with Gasteiger partial charge in [0.15, 0.2) is 0 Å². The number of benzene rings is 1. The number of rotatable bonds is 5. The van der Waals surface area contributed by atoms with Gasteiger partial charge in [0.25, 0.3) is 0 Å². The lowest BCUT2D eigenvalue weighted by Gasteiger charge is -2.34. The van der Waals surface area contributed by atoms with Gasteiger partial charge in [-0.2, -0.15) is 0 Å². The van der Waals surface area contributed by atoms with Crippen molar-refractivity contribution in [1.82, 2.24) is 9.47 Å². The van der Waals surface area contributed by atoms with Crippen LogP contribution in [-0.2, 0) is 4.79 Å². The molecule has 2 aromatic rings. The number of piperidine rings is 1. The number of fused-ring (bicyclic) bond motifs is 1. The van der Waals surface area contributed by atoms with Gasteiger partial charge in [0.05, 0.1) is 5.52 Å². The Kier molecular flexibility index (Phi) is 4.71. The van der Waals surface area contributed by atoms with Crippen molar-refractivity contribution in [2.45, 2.75) is 39.7 Å². The summed E-state index contributed by atoms with van der Waals surface area (Å²) in [5.74, 6) is 0.716. The second kappa shape index (κ2) is 6.75. The largest absolute Gasteiger partial charge is 0.382 e. The number of nitrogens with zero attached hydrogens (tertiary/aromatic N) is 2. The molecule has 1 atom stereocenters. The van der Waals surface area contributed by atoms with E-state index in [2.05, 4.69) is 42.3 Å². The normalized spacial score (nSPS) is 18.2. The van der Waals surface area contributed by atoms with Crippen molar-refractivity contribution in [3.63, 3.8) is 0 Å². The summed E-state index contributed by atoms with van der Waals surface area (Å²) in [6.07, 6.45) is 5.29. The van der Waals surface area contributed by atoms with Gasteiger partial charge in [-0.1, -0.05) is 13.0 Å². The average molecular weight is 313 g/mol. The number of carbonyl (C=O) groups excluding carboxylic acids is 1. The Hall–Kier alpha value is -1.81. The quantitative estimate of drug-likeness (QED) is 0.858. The topological polar surface area (TPSA) is 37.3 Å². The molecule has 1 fully saturated rings. The van der Waals surface area contributed by atoms with Crippen molar-refractivity contribution in [1.29, 1.82) is 0 Å². The average Bonchev–Trinajstić information content (AvgIpc) is 2.90. The summed E-state index contributed by atoms with van der Waals surface area (Å²) in [4.78, 5) is 13.7. The second-order valence-electron chi connectivity index (χ2n) is 6.76. The molecule has 23 heavy (non-hydrogen) atoms. The van der Waals surface area contributed by atoms with Crippen LogP contribution in [-0.4, -0.2) is 41.6 Å². The van der Waals surface area contributed by atoms with E-state index < -0.39 is 0 Å². The zero-order valence-corrected chi connectivity index (χ0v) is 14.4. The molecule has 1 aliphatic heterocycles. The molecule has 0 aliphatic carbocycles. The number of aryl methyl sites for hydroxylation is 1. The number of aromatic nitrogens is 1. The molecule has 0 saturated carbocycles. The Balaban J connectivity index is 1.72. The van der Waals surface area contributed by atoms with Crippen molar-refractivity contribution in [2.75, 3.05) is 25.0 Å². The maximum absolute atomic E-state index is 11.2. The number of hydrogen-bond acceptors (Lipinski definition) is 3. The monoisotopic (exact) mass is 313 g/mol. The molecule has 0 amide bonds. The number of anilines is 1. The van der Waals surface area contributed by atoms with E-state index in [9.17, 15) is 4.79 Å². The molecule has 124 valence electrons. The zero-order chi connectivity index (χ0) is 16.4. The number of carbonyl (C=O) groups is 1. The third kappa shape index (κ3) is 3.27. The Morgan fingerprint density at radius 1 is 1.35 bits per heavy atom. The summed E-state index contributed by atoms with van der Waals surface area (Å²) in [5.41, 5.74) is 3.22. The maximum Gasteiger partial charge on any atom is 0.218 e. The molecule has 0 spiro atoms. The summed E-state index contributed by atoms with van der Waals surface area (Å²) >= 11 is 0. The highest BCUT2D eigenvalue weighted by Gasteiger charge is 2.23. The van der Waals surface area contributed by atoms with Crippen LogP contribution in [0, 0.1) is 12.8 Å². The van der Waals surface area contributed by atoms with Gasteiger partial charge in [-0.3, -0.25) is 9.36 Å². The Morgan fingerprint density at radius 3 is 2.74 bits per heavy atom. The first-order valence-electron chi connectivity index (χ1n) is 8.67. The van der Waals surface area contributed by atoms with E-state index >= 15 is 0 Å². The Labute approximate surface area is 138 Å². The van der Waals surface area contributed by atoms with Crippen LogP contribution in [0.2, 0.25) is 0 Å². The third-order valence-corrected chi connectivity index (χ3v) is 5.33. The molecule has 3 rings (SSSR count). The lowest BCUT2D eigenvalue weighted by Crippen LogP contribution is -2.39. The van der Waals surface area contributed by atoms with Crippen molar-refractivity contribution in [3.8, 4) is 0 Å². The van der Waals surface area contributed by atoms with E-state index in [1.165, 1.54) is 25.9 Å². The smallest absolute Gasteiger partial charge is 0.218 e. The van der Waals surface area contributed by atoms with Crippen LogP contribution >= 0.6 is 0 Å². The number of hydrogen-bond donors (Lipinski definition) is 1. The van der Waals surface area contributed by atoms with Crippen LogP contribution in [0.3, 0.4) is 0 Å². The van der Waals surface area contributed by atoms with Crippen LogP contribution < -0.4 is 5.32 Å². The van der Waals surface area contributed by atoms with Crippen LogP contribution in [0.15, 0.2) is 24.4 Å². The molecule has 4 nitrogen and oxygen atoms in total. The van der Waals surface area contributed by atoms with Gasteiger partial charge >= 0.3 is 0 Å². The van der Waals surface area contributed by atoms with Crippen LogP contribution in [0.25, 0.3) is 10.9 Å². The molecular formula is C19H27N3O. The summed E-state index contributed by atoms with van der Waals surface area (Å²) in [5, 5.41) is 4.79. The minimum absolute atomic E-state index is 0.451. The predicted octanol–water partition coefficient (Wildman–Crippen LogP) is 3.52.